The average Bonchev–Trinajstić information content (AvgIpc) is 2.29. The summed E-state index contributed by atoms with van der Waals surface area (Å²) in [7, 11) is 0. The number of nitrogens with one attached hydrogen (secondary N) is 1. The maximum absolute atomic E-state index is 9.04. The molecule has 1 aromatic rings. The van der Waals surface area contributed by atoms with Crippen LogP contribution in [0.3, 0.4) is 0 Å². The minimum Gasteiger partial charge on any atom is -0.494 e. The highest BCUT2D eigenvalue weighted by atomic mass is 16.5. The first-order valence-electron chi connectivity index (χ1n) is 5.39. The Balaban J connectivity index is 2.20. The summed E-state index contributed by atoms with van der Waals surface area (Å²) in [6, 6.07) is 9.86. The Kier molecular flexibility index (Phi) is 5.81. The van der Waals surface area contributed by atoms with Gasteiger partial charge in [-0.3, -0.25) is 0 Å². The number of benzene rings is 1. The highest BCUT2D eigenvalue weighted by Crippen LogP contribution is 2.08. The summed E-state index contributed by atoms with van der Waals surface area (Å²) >= 11 is 0. The number of rotatable bonds is 7. The highest BCUT2D eigenvalue weighted by molar-refractivity contribution is 5.20. The van der Waals surface area contributed by atoms with Gasteiger partial charge in [-0.05, 0) is 25.1 Å². The Labute approximate surface area is 91.1 Å². The fraction of sp³-hybridized carbons (Fsp3) is 0.500. The van der Waals surface area contributed by atoms with Gasteiger partial charge in [-0.1, -0.05) is 25.1 Å². The Morgan fingerprint density at radius 3 is 2.67 bits per heavy atom. The Morgan fingerprint density at radius 2 is 2.07 bits per heavy atom. The van der Waals surface area contributed by atoms with Gasteiger partial charge < -0.3 is 15.2 Å². The summed E-state index contributed by atoms with van der Waals surface area (Å²) in [5.74, 6) is 0.880. The predicted molar refractivity (Wildman–Crippen MR) is 61.1 cm³/mol. The van der Waals surface area contributed by atoms with Crippen LogP contribution in [0.5, 0.6) is 5.75 Å². The van der Waals surface area contributed by atoms with E-state index in [9.17, 15) is 0 Å². The predicted octanol–water partition coefficient (Wildman–Crippen LogP) is 1.43. The van der Waals surface area contributed by atoms with E-state index in [4.69, 9.17) is 9.84 Å². The van der Waals surface area contributed by atoms with Crippen molar-refractivity contribution in [2.45, 2.75) is 19.4 Å². The summed E-state index contributed by atoms with van der Waals surface area (Å²) in [5.41, 5.74) is 0. The largest absolute Gasteiger partial charge is 0.494 e. The van der Waals surface area contributed by atoms with Crippen LogP contribution in [0.25, 0.3) is 0 Å². The molecule has 3 heteroatoms. The third kappa shape index (κ3) is 4.81. The van der Waals surface area contributed by atoms with E-state index in [2.05, 4.69) is 5.32 Å². The van der Waals surface area contributed by atoms with Crippen LogP contribution in [0, 0.1) is 0 Å². The second-order valence-electron chi connectivity index (χ2n) is 3.39. The number of ether oxygens (including phenoxy) is 1. The maximum Gasteiger partial charge on any atom is 0.119 e. The normalized spacial score (nSPS) is 12.4. The van der Waals surface area contributed by atoms with Crippen LogP contribution in [0.15, 0.2) is 30.3 Å². The van der Waals surface area contributed by atoms with Crippen molar-refractivity contribution in [1.82, 2.24) is 5.32 Å². The van der Waals surface area contributed by atoms with E-state index in [1.54, 1.807) is 0 Å². The topological polar surface area (TPSA) is 41.5 Å². The van der Waals surface area contributed by atoms with Gasteiger partial charge in [-0.2, -0.15) is 0 Å². The molecule has 0 saturated heterocycles. The molecule has 1 atom stereocenters. The van der Waals surface area contributed by atoms with Crippen molar-refractivity contribution in [2.24, 2.45) is 0 Å². The third-order valence-corrected chi connectivity index (χ3v) is 2.19. The average molecular weight is 209 g/mol. The molecule has 15 heavy (non-hydrogen) atoms. The van der Waals surface area contributed by atoms with Crippen molar-refractivity contribution >= 4 is 0 Å². The monoisotopic (exact) mass is 209 g/mol. The Bertz CT molecular complexity index is 251. The zero-order chi connectivity index (χ0) is 10.9. The first-order chi connectivity index (χ1) is 7.36. The molecule has 0 amide bonds. The van der Waals surface area contributed by atoms with Crippen molar-refractivity contribution < 1.29 is 9.84 Å². The molecule has 0 fully saturated rings. The third-order valence-electron chi connectivity index (χ3n) is 2.19. The minimum absolute atomic E-state index is 0.138. The number of hydrogen-bond acceptors (Lipinski definition) is 3. The summed E-state index contributed by atoms with van der Waals surface area (Å²) in [4.78, 5) is 0. The Hall–Kier alpha value is -1.06. The van der Waals surface area contributed by atoms with Crippen LogP contribution in [0.4, 0.5) is 0 Å². The van der Waals surface area contributed by atoms with E-state index in [0.717, 1.165) is 18.7 Å². The van der Waals surface area contributed by atoms with Crippen LogP contribution in [0.1, 0.15) is 13.3 Å². The van der Waals surface area contributed by atoms with Crippen molar-refractivity contribution in [2.75, 3.05) is 19.8 Å². The highest BCUT2D eigenvalue weighted by Gasteiger charge is 2.04. The van der Waals surface area contributed by atoms with Gasteiger partial charge in [-0.15, -0.1) is 0 Å². The summed E-state index contributed by atoms with van der Waals surface area (Å²) in [5, 5.41) is 12.2. The maximum atomic E-state index is 9.04. The molecule has 2 N–H and O–H groups in total. The zero-order valence-electron chi connectivity index (χ0n) is 9.15. The van der Waals surface area contributed by atoms with Crippen molar-refractivity contribution in [1.29, 1.82) is 0 Å². The van der Waals surface area contributed by atoms with Crippen molar-refractivity contribution in [3.05, 3.63) is 30.3 Å². The lowest BCUT2D eigenvalue weighted by molar-refractivity contribution is 0.210. The second-order valence-corrected chi connectivity index (χ2v) is 3.39. The standard InChI is InChI=1S/C12H19NO2/c1-2-13-11(10-14)8-9-15-12-6-4-3-5-7-12/h3-7,11,13-14H,2,8-10H2,1H3. The summed E-state index contributed by atoms with van der Waals surface area (Å²) < 4.78 is 5.53. The molecular weight excluding hydrogens is 190 g/mol. The van der Waals surface area contributed by atoms with Gasteiger partial charge in [0.25, 0.3) is 0 Å². The van der Waals surface area contributed by atoms with E-state index in [-0.39, 0.29) is 12.6 Å². The van der Waals surface area contributed by atoms with Crippen molar-refractivity contribution in [3.8, 4) is 5.75 Å². The van der Waals surface area contributed by atoms with Crippen LogP contribution in [0.2, 0.25) is 0 Å². The summed E-state index contributed by atoms with van der Waals surface area (Å²) in [6.45, 7) is 3.69. The number of hydrogen-bond donors (Lipinski definition) is 2. The number of aliphatic hydroxyl groups excluding tert-OH is 1. The van der Waals surface area contributed by atoms with Gasteiger partial charge in [-0.25, -0.2) is 0 Å². The molecule has 0 aliphatic carbocycles. The van der Waals surface area contributed by atoms with Crippen LogP contribution >= 0.6 is 0 Å². The first kappa shape index (κ1) is 12.0. The van der Waals surface area contributed by atoms with E-state index in [1.807, 2.05) is 37.3 Å². The fourth-order valence-corrected chi connectivity index (χ4v) is 1.38. The molecule has 1 rings (SSSR count). The number of likely N-dealkylation sites (N-methyl/N-ethyl adjacent to an activating group) is 1. The molecular formula is C12H19NO2. The molecule has 0 radical (unpaired) electrons. The molecule has 3 nitrogen and oxygen atoms in total. The quantitative estimate of drug-likeness (QED) is 0.713. The van der Waals surface area contributed by atoms with Crippen molar-refractivity contribution in [3.63, 3.8) is 0 Å². The lowest BCUT2D eigenvalue weighted by Gasteiger charge is -2.15. The molecule has 0 aromatic heterocycles. The summed E-state index contributed by atoms with van der Waals surface area (Å²) in [6.07, 6.45) is 0.819. The smallest absolute Gasteiger partial charge is 0.119 e. The molecule has 1 aromatic carbocycles. The van der Waals surface area contributed by atoms with Crippen LogP contribution < -0.4 is 10.1 Å². The van der Waals surface area contributed by atoms with Gasteiger partial charge in [0.05, 0.1) is 13.2 Å². The van der Waals surface area contributed by atoms with Gasteiger partial charge in [0.1, 0.15) is 5.75 Å². The van der Waals surface area contributed by atoms with Gasteiger partial charge in [0, 0.05) is 6.04 Å². The minimum atomic E-state index is 0.138. The van der Waals surface area contributed by atoms with Crippen LogP contribution in [-0.4, -0.2) is 30.9 Å². The zero-order valence-corrected chi connectivity index (χ0v) is 9.15. The lowest BCUT2D eigenvalue weighted by Crippen LogP contribution is -2.33. The molecule has 0 heterocycles. The molecule has 84 valence electrons. The first-order valence-corrected chi connectivity index (χ1v) is 5.39. The van der Waals surface area contributed by atoms with E-state index >= 15 is 0 Å². The van der Waals surface area contributed by atoms with Gasteiger partial charge in [0.15, 0.2) is 0 Å². The fourth-order valence-electron chi connectivity index (χ4n) is 1.38. The second kappa shape index (κ2) is 7.26. The lowest BCUT2D eigenvalue weighted by atomic mass is 10.2. The number of para-hydroxylation sites is 1. The van der Waals surface area contributed by atoms with Crippen LogP contribution in [-0.2, 0) is 0 Å². The molecule has 0 bridgehead atoms. The molecule has 0 saturated carbocycles. The molecule has 0 spiro atoms. The molecule has 1 unspecified atom stereocenters. The van der Waals surface area contributed by atoms with E-state index in [1.165, 1.54) is 0 Å². The van der Waals surface area contributed by atoms with Gasteiger partial charge in [0.2, 0.25) is 0 Å². The molecule has 0 aliphatic heterocycles. The van der Waals surface area contributed by atoms with E-state index in [0.29, 0.717) is 6.61 Å². The molecule has 0 aliphatic rings. The van der Waals surface area contributed by atoms with E-state index < -0.39 is 0 Å². The number of aliphatic hydroxyl groups is 1. The SMILES string of the molecule is CCNC(CO)CCOc1ccccc1. The van der Waals surface area contributed by atoms with Gasteiger partial charge >= 0.3 is 0 Å². The Morgan fingerprint density at radius 1 is 1.33 bits per heavy atom.